The van der Waals surface area contributed by atoms with Crippen molar-refractivity contribution in [2.45, 2.75) is 85.0 Å². The molecule has 0 unspecified atom stereocenters. The zero-order valence-electron chi connectivity index (χ0n) is 14.7. The van der Waals surface area contributed by atoms with Crippen molar-refractivity contribution in [3.8, 4) is 0 Å². The number of aliphatic carboxylic acids is 1. The number of ether oxygens (including phenoxy) is 1. The molecule has 0 aliphatic heterocycles. The largest absolute Gasteiger partial charge is 0.481 e. The predicted molar refractivity (Wildman–Crippen MR) is 97.5 cm³/mol. The normalized spacial score (nSPS) is 9.79. The number of carbonyl (C=O) groups is 3. The van der Waals surface area contributed by atoms with Crippen LogP contribution in [0.15, 0.2) is 11.1 Å². The molecule has 0 amide bonds. The highest BCUT2D eigenvalue weighted by Crippen LogP contribution is 2.11. The lowest BCUT2D eigenvalue weighted by atomic mass is 10.1. The summed E-state index contributed by atoms with van der Waals surface area (Å²) in [4.78, 5) is 33.4. The van der Waals surface area contributed by atoms with Gasteiger partial charge in [0.25, 0.3) is 0 Å². The van der Waals surface area contributed by atoms with Crippen LogP contribution in [0, 0.1) is 0 Å². The van der Waals surface area contributed by atoms with Crippen LogP contribution >= 0.6 is 0 Å². The Hall–Kier alpha value is -0.884. The smallest absolute Gasteiger partial charge is 0.341 e. The predicted octanol–water partition coefficient (Wildman–Crippen LogP) is 3.48. The van der Waals surface area contributed by atoms with E-state index in [1.165, 1.54) is 0 Å². The van der Waals surface area contributed by atoms with Crippen molar-refractivity contribution in [3.63, 3.8) is 0 Å². The van der Waals surface area contributed by atoms with E-state index < -0.39 is 17.9 Å². The maximum Gasteiger partial charge on any atom is 0.341 e. The van der Waals surface area contributed by atoms with Crippen molar-refractivity contribution in [2.75, 3.05) is 0 Å². The molecule has 0 atom stereocenters. The molecule has 24 heavy (non-hydrogen) atoms. The van der Waals surface area contributed by atoms with Crippen molar-refractivity contribution in [3.05, 3.63) is 11.1 Å². The van der Waals surface area contributed by atoms with Crippen molar-refractivity contribution in [1.82, 2.24) is 0 Å². The maximum absolute atomic E-state index is 11.6. The van der Waals surface area contributed by atoms with Gasteiger partial charge in [0.1, 0.15) is 0 Å². The molecule has 0 bridgehead atoms. The minimum absolute atomic E-state index is 0. The lowest BCUT2D eigenvalue weighted by Crippen LogP contribution is -2.13. The van der Waals surface area contributed by atoms with Crippen molar-refractivity contribution >= 4 is 41.0 Å². The molecule has 0 aliphatic carbocycles. The molecule has 136 valence electrons. The Labute approximate surface area is 161 Å². The second-order valence-corrected chi connectivity index (χ2v) is 6.11. The van der Waals surface area contributed by atoms with Gasteiger partial charge in [0.2, 0.25) is 0 Å². The molecule has 0 aromatic carbocycles. The van der Waals surface area contributed by atoms with Crippen molar-refractivity contribution in [1.29, 1.82) is 0 Å². The molecule has 0 aromatic heterocycles. The monoisotopic (exact) mass is 352 g/mol. The third kappa shape index (κ3) is 14.7. The number of carboxylic acid groups (broad SMARTS) is 1. The Bertz CT molecular complexity index is 425. The highest BCUT2D eigenvalue weighted by Gasteiger charge is 2.12. The van der Waals surface area contributed by atoms with Crippen LogP contribution in [-0.2, 0) is 19.1 Å². The van der Waals surface area contributed by atoms with E-state index in [1.54, 1.807) is 6.92 Å². The summed E-state index contributed by atoms with van der Waals surface area (Å²) in [6.07, 6.45) is 8.23. The molecule has 5 nitrogen and oxygen atoms in total. The quantitative estimate of drug-likeness (QED) is 0.191. The first-order chi connectivity index (χ1) is 10.8. The fraction of sp³-hybridized carbons (Fsp3) is 0.722. The van der Waals surface area contributed by atoms with Crippen molar-refractivity contribution < 1.29 is 24.2 Å². The van der Waals surface area contributed by atoms with Crippen LogP contribution < -0.4 is 0 Å². The van der Waals surface area contributed by atoms with Crippen LogP contribution in [0.4, 0.5) is 0 Å². The average molecular weight is 353 g/mol. The topological polar surface area (TPSA) is 80.7 Å². The van der Waals surface area contributed by atoms with Gasteiger partial charge in [-0.25, -0.2) is 4.79 Å². The molecule has 0 spiro atoms. The first-order valence-electron chi connectivity index (χ1n) is 8.45. The fourth-order valence-electron chi connectivity index (χ4n) is 2.04. The second kappa shape index (κ2) is 15.6. The van der Waals surface area contributed by atoms with Gasteiger partial charge >= 0.3 is 41.0 Å². The van der Waals surface area contributed by atoms with E-state index in [0.717, 1.165) is 56.9 Å². The molecule has 0 aromatic rings. The lowest BCUT2D eigenvalue weighted by molar-refractivity contribution is -0.157. The van der Waals surface area contributed by atoms with Gasteiger partial charge in [-0.05, 0) is 33.6 Å². The summed E-state index contributed by atoms with van der Waals surface area (Å²) in [7, 11) is 0. The van der Waals surface area contributed by atoms with Crippen molar-refractivity contribution in [2.24, 2.45) is 0 Å². The molecule has 0 rings (SSSR count). The first-order valence-corrected chi connectivity index (χ1v) is 8.45. The van der Waals surface area contributed by atoms with Crippen LogP contribution in [-0.4, -0.2) is 46.1 Å². The Balaban J connectivity index is 0. The fourth-order valence-corrected chi connectivity index (χ4v) is 2.04. The molecular formula is C18H32MgO5. The zero-order chi connectivity index (χ0) is 17.7. The van der Waals surface area contributed by atoms with Gasteiger partial charge in [-0.1, -0.05) is 44.1 Å². The Kier molecular flexibility index (Phi) is 16.5. The molecule has 0 aliphatic rings. The van der Waals surface area contributed by atoms with Crippen LogP contribution in [0.5, 0.6) is 0 Å². The number of unbranched alkanes of at least 4 members (excludes halogenated alkanes) is 7. The molecule has 1 N–H and O–H groups in total. The zero-order valence-corrected chi connectivity index (χ0v) is 14.7. The van der Waals surface area contributed by atoms with Crippen LogP contribution in [0.2, 0.25) is 0 Å². The Morgan fingerprint density at radius 3 is 1.58 bits per heavy atom. The van der Waals surface area contributed by atoms with Gasteiger partial charge in [-0.2, -0.15) is 0 Å². The van der Waals surface area contributed by atoms with Crippen LogP contribution in [0.25, 0.3) is 0 Å². The summed E-state index contributed by atoms with van der Waals surface area (Å²) in [5.41, 5.74) is 1.34. The highest BCUT2D eigenvalue weighted by molar-refractivity contribution is 5.96. The van der Waals surface area contributed by atoms with E-state index in [0.29, 0.717) is 5.57 Å². The number of rotatable bonds is 12. The van der Waals surface area contributed by atoms with Gasteiger partial charge in [0.15, 0.2) is 0 Å². The van der Waals surface area contributed by atoms with Crippen LogP contribution in [0.3, 0.4) is 0 Å². The summed E-state index contributed by atoms with van der Waals surface area (Å²) in [6, 6.07) is 0. The average Bonchev–Trinajstić information content (AvgIpc) is 2.47. The Morgan fingerprint density at radius 1 is 0.750 bits per heavy atom. The van der Waals surface area contributed by atoms with E-state index in [-0.39, 0.29) is 35.9 Å². The van der Waals surface area contributed by atoms with Gasteiger partial charge < -0.3 is 9.84 Å². The molecule has 0 heterocycles. The van der Waals surface area contributed by atoms with Gasteiger partial charge in [-0.15, -0.1) is 0 Å². The second-order valence-electron chi connectivity index (χ2n) is 6.11. The highest BCUT2D eigenvalue weighted by atomic mass is 24.3. The third-order valence-electron chi connectivity index (χ3n) is 3.78. The Morgan fingerprint density at radius 2 is 1.17 bits per heavy atom. The molecule has 0 radical (unpaired) electrons. The van der Waals surface area contributed by atoms with E-state index in [9.17, 15) is 14.4 Å². The minimum atomic E-state index is -0.727. The molecule has 0 saturated heterocycles. The number of hydrogen-bond acceptors (Lipinski definition) is 4. The SMILES string of the molecule is CC(C)=C(C)C(=O)OC(=O)CCCCCCCCCCC(=O)O.[MgH2]. The standard InChI is InChI=1S/C18H30O5.Mg.2H/c1-14(2)15(3)18(22)23-17(21)13-11-9-7-5-4-6-8-10-12-16(19)20;;;/h4-13H2,1-3H3,(H,19,20);;;. The van der Waals surface area contributed by atoms with Gasteiger partial charge in [0, 0.05) is 18.4 Å². The minimum Gasteiger partial charge on any atom is -0.481 e. The first kappa shape index (κ1) is 25.4. The summed E-state index contributed by atoms with van der Waals surface area (Å²) in [5, 5.41) is 8.51. The number of esters is 2. The number of carboxylic acids is 1. The molecule has 6 heteroatoms. The van der Waals surface area contributed by atoms with E-state index >= 15 is 0 Å². The van der Waals surface area contributed by atoms with Gasteiger partial charge in [-0.3, -0.25) is 9.59 Å². The summed E-state index contributed by atoms with van der Waals surface area (Å²) in [6.45, 7) is 5.27. The van der Waals surface area contributed by atoms with E-state index in [4.69, 9.17) is 9.84 Å². The molecule has 0 fully saturated rings. The van der Waals surface area contributed by atoms with Gasteiger partial charge in [0.05, 0.1) is 0 Å². The number of carbonyl (C=O) groups excluding carboxylic acids is 2. The van der Waals surface area contributed by atoms with E-state index in [2.05, 4.69) is 0 Å². The molecular weight excluding hydrogens is 320 g/mol. The summed E-state index contributed by atoms with van der Waals surface area (Å²) < 4.78 is 4.78. The number of hydrogen-bond donors (Lipinski definition) is 1. The van der Waals surface area contributed by atoms with Crippen LogP contribution in [0.1, 0.15) is 85.0 Å². The maximum atomic E-state index is 11.6. The number of allylic oxidation sites excluding steroid dienone is 1. The van der Waals surface area contributed by atoms with E-state index in [1.807, 2.05) is 13.8 Å². The summed E-state index contributed by atoms with van der Waals surface area (Å²) in [5.74, 6) is -1.73. The molecule has 0 saturated carbocycles. The lowest BCUT2D eigenvalue weighted by Gasteiger charge is -2.05. The third-order valence-corrected chi connectivity index (χ3v) is 3.78. The summed E-state index contributed by atoms with van der Waals surface area (Å²) >= 11 is 0.